The first-order valence-corrected chi connectivity index (χ1v) is 10.2. The van der Waals surface area contributed by atoms with E-state index in [-0.39, 0.29) is 35.0 Å². The second kappa shape index (κ2) is 8.54. The van der Waals surface area contributed by atoms with Crippen LogP contribution < -0.4 is 16.4 Å². The Balaban J connectivity index is 1.55. The van der Waals surface area contributed by atoms with Crippen LogP contribution in [0, 0.1) is 5.92 Å². The van der Waals surface area contributed by atoms with E-state index in [1.807, 2.05) is 0 Å². The minimum Gasteiger partial charge on any atom is -0.506 e. The maximum Gasteiger partial charge on any atom is 0.323 e. The number of carbonyl (C=O) groups is 2. The van der Waals surface area contributed by atoms with Gasteiger partial charge >= 0.3 is 6.03 Å². The van der Waals surface area contributed by atoms with Gasteiger partial charge in [0.15, 0.2) is 11.6 Å². The quantitative estimate of drug-likeness (QED) is 0.424. The average molecular weight is 432 g/mol. The number of benzene rings is 2. The van der Waals surface area contributed by atoms with Crippen molar-refractivity contribution in [1.29, 1.82) is 0 Å². The van der Waals surface area contributed by atoms with Crippen molar-refractivity contribution < 1.29 is 14.7 Å². The number of rotatable bonds is 5. The Morgan fingerprint density at radius 2 is 1.94 bits per heavy atom. The van der Waals surface area contributed by atoms with Crippen molar-refractivity contribution in [2.45, 2.75) is 26.3 Å². The zero-order valence-corrected chi connectivity index (χ0v) is 17.7. The molecule has 0 fully saturated rings. The molecule has 0 aromatic heterocycles. The molecule has 164 valence electrons. The van der Waals surface area contributed by atoms with Crippen LogP contribution in [0.15, 0.2) is 69.9 Å². The van der Waals surface area contributed by atoms with Crippen LogP contribution in [0.25, 0.3) is 0 Å². The molecule has 4 rings (SSSR count). The molecule has 0 saturated carbocycles. The molecule has 0 saturated heterocycles. The summed E-state index contributed by atoms with van der Waals surface area (Å²) in [7, 11) is 0. The van der Waals surface area contributed by atoms with Crippen molar-refractivity contribution in [1.82, 2.24) is 5.01 Å². The van der Waals surface area contributed by atoms with Crippen molar-refractivity contribution in [3.63, 3.8) is 0 Å². The minimum absolute atomic E-state index is 0.0138. The minimum atomic E-state index is -0.539. The molecule has 0 aliphatic carbocycles. The zero-order valence-electron chi connectivity index (χ0n) is 17.7. The summed E-state index contributed by atoms with van der Waals surface area (Å²) in [6.07, 6.45) is 1.90. The molecule has 1 unspecified atom stereocenters. The number of ketones is 1. The van der Waals surface area contributed by atoms with Crippen LogP contribution >= 0.6 is 0 Å². The molecule has 0 spiro atoms. The van der Waals surface area contributed by atoms with E-state index < -0.39 is 6.03 Å². The Hall–Kier alpha value is -4.14. The Kier molecular flexibility index (Phi) is 5.63. The molecule has 5 N–H and O–H groups in total. The number of para-hydroxylation sites is 2. The van der Waals surface area contributed by atoms with Crippen LogP contribution in [0.4, 0.5) is 16.2 Å². The SMILES string of the molecule is CC(C)C1CC(C(=O)c2cccc(NC(=O)Nc3ccccc3O)c2)=C2C(N)=NC=NN21. The number of phenols is 1. The fourth-order valence-corrected chi connectivity index (χ4v) is 3.81. The number of amidine groups is 1. The summed E-state index contributed by atoms with van der Waals surface area (Å²) in [5, 5.41) is 21.2. The average Bonchev–Trinajstić information content (AvgIpc) is 3.16. The fraction of sp³-hybridized carbons (Fsp3) is 0.217. The summed E-state index contributed by atoms with van der Waals surface area (Å²) >= 11 is 0. The third-order valence-electron chi connectivity index (χ3n) is 5.44. The summed E-state index contributed by atoms with van der Waals surface area (Å²) in [4.78, 5) is 29.8. The summed E-state index contributed by atoms with van der Waals surface area (Å²) in [5.74, 6) is 0.292. The van der Waals surface area contributed by atoms with Gasteiger partial charge in [-0.15, -0.1) is 0 Å². The van der Waals surface area contributed by atoms with Crippen molar-refractivity contribution in [2.24, 2.45) is 21.7 Å². The number of Topliss-reactive ketones (excluding diaryl/α,β-unsaturated/α-hetero) is 1. The predicted molar refractivity (Wildman–Crippen MR) is 124 cm³/mol. The number of hydrogen-bond acceptors (Lipinski definition) is 7. The van der Waals surface area contributed by atoms with Gasteiger partial charge in [0.1, 0.15) is 17.8 Å². The third-order valence-corrected chi connectivity index (χ3v) is 5.44. The van der Waals surface area contributed by atoms with Gasteiger partial charge in [-0.3, -0.25) is 9.80 Å². The van der Waals surface area contributed by atoms with Crippen molar-refractivity contribution in [3.05, 3.63) is 65.4 Å². The van der Waals surface area contributed by atoms with Gasteiger partial charge in [0.05, 0.1) is 11.7 Å². The van der Waals surface area contributed by atoms with E-state index in [0.717, 1.165) is 0 Å². The number of carbonyl (C=O) groups excluding carboxylic acids is 2. The topological polar surface area (TPSA) is 132 Å². The first-order valence-electron chi connectivity index (χ1n) is 10.2. The monoisotopic (exact) mass is 432 g/mol. The molecule has 2 aromatic rings. The van der Waals surface area contributed by atoms with E-state index >= 15 is 0 Å². The van der Waals surface area contributed by atoms with Gasteiger partial charge in [-0.25, -0.2) is 9.79 Å². The highest BCUT2D eigenvalue weighted by Crippen LogP contribution is 2.36. The highest BCUT2D eigenvalue weighted by Gasteiger charge is 2.39. The zero-order chi connectivity index (χ0) is 22.8. The maximum atomic E-state index is 13.4. The smallest absolute Gasteiger partial charge is 0.323 e. The number of aliphatic imine (C=N–C) groups is 1. The lowest BCUT2D eigenvalue weighted by molar-refractivity contribution is 0.103. The van der Waals surface area contributed by atoms with Crippen LogP contribution in [0.5, 0.6) is 5.75 Å². The van der Waals surface area contributed by atoms with Gasteiger partial charge < -0.3 is 21.5 Å². The van der Waals surface area contributed by atoms with Gasteiger partial charge in [0.25, 0.3) is 0 Å². The van der Waals surface area contributed by atoms with Crippen molar-refractivity contribution in [2.75, 3.05) is 10.6 Å². The first-order chi connectivity index (χ1) is 15.3. The maximum absolute atomic E-state index is 13.4. The fourth-order valence-electron chi connectivity index (χ4n) is 3.81. The molecule has 2 aromatic carbocycles. The number of phenolic OH excluding ortho intramolecular Hbond substituents is 1. The van der Waals surface area contributed by atoms with Crippen molar-refractivity contribution >= 4 is 35.4 Å². The Labute approximate surface area is 185 Å². The molecular formula is C23H24N6O3. The Bertz CT molecular complexity index is 1170. The molecule has 9 nitrogen and oxygen atoms in total. The summed E-state index contributed by atoms with van der Waals surface area (Å²) in [6, 6.07) is 12.6. The van der Waals surface area contributed by atoms with Crippen LogP contribution in [-0.2, 0) is 0 Å². The summed E-state index contributed by atoms with van der Waals surface area (Å²) in [5.41, 5.74) is 8.33. The second-order valence-corrected chi connectivity index (χ2v) is 7.94. The predicted octanol–water partition coefficient (Wildman–Crippen LogP) is 3.52. The largest absolute Gasteiger partial charge is 0.506 e. The van der Waals surface area contributed by atoms with E-state index in [1.54, 1.807) is 47.5 Å². The molecule has 2 amide bonds. The third kappa shape index (κ3) is 4.04. The number of nitrogens with zero attached hydrogens (tertiary/aromatic N) is 3. The first kappa shape index (κ1) is 21.1. The molecule has 2 heterocycles. The molecule has 32 heavy (non-hydrogen) atoms. The number of anilines is 2. The Morgan fingerprint density at radius 3 is 2.69 bits per heavy atom. The number of aromatic hydroxyl groups is 1. The van der Waals surface area contributed by atoms with Gasteiger partial charge in [0, 0.05) is 23.2 Å². The highest BCUT2D eigenvalue weighted by atomic mass is 16.3. The molecule has 0 bridgehead atoms. The van der Waals surface area contributed by atoms with E-state index in [1.165, 1.54) is 12.4 Å². The molecule has 2 aliphatic heterocycles. The van der Waals surface area contributed by atoms with E-state index in [9.17, 15) is 14.7 Å². The van der Waals surface area contributed by atoms with Gasteiger partial charge in [0.2, 0.25) is 0 Å². The van der Waals surface area contributed by atoms with Gasteiger partial charge in [-0.1, -0.05) is 38.1 Å². The number of fused-ring (bicyclic) bond motifs is 1. The summed E-state index contributed by atoms with van der Waals surface area (Å²) in [6.45, 7) is 4.14. The molecule has 0 radical (unpaired) electrons. The standard InChI is InChI=1S/C23H24N6O3/c1-13(2)18-11-16(20-22(24)25-12-26-29(18)20)21(31)14-6-5-7-15(10-14)27-23(32)28-17-8-3-4-9-19(17)30/h3-10,12-13,18,30H,11H2,1-2H3,(H2,24,25,26)(H2,27,28,32). The number of nitrogens with one attached hydrogen (secondary N) is 2. The highest BCUT2D eigenvalue weighted by molar-refractivity contribution is 6.16. The van der Waals surface area contributed by atoms with E-state index in [0.29, 0.717) is 28.9 Å². The number of amides is 2. The Morgan fingerprint density at radius 1 is 1.16 bits per heavy atom. The van der Waals surface area contributed by atoms with Gasteiger partial charge in [-0.2, -0.15) is 5.10 Å². The lowest BCUT2D eigenvalue weighted by atomic mass is 9.94. The normalized spacial score (nSPS) is 17.3. The number of urea groups is 1. The lowest BCUT2D eigenvalue weighted by Gasteiger charge is -2.28. The molecular weight excluding hydrogens is 408 g/mol. The molecule has 9 heteroatoms. The van der Waals surface area contributed by atoms with E-state index in [2.05, 4.69) is 34.6 Å². The lowest BCUT2D eigenvalue weighted by Crippen LogP contribution is -2.36. The number of nitrogens with two attached hydrogens (primary N) is 1. The van der Waals surface area contributed by atoms with E-state index in [4.69, 9.17) is 5.73 Å². The van der Waals surface area contributed by atoms with Gasteiger partial charge in [-0.05, 0) is 30.2 Å². The van der Waals surface area contributed by atoms with Crippen LogP contribution in [0.1, 0.15) is 30.6 Å². The number of hydrazone groups is 1. The second-order valence-electron chi connectivity index (χ2n) is 7.94. The number of hydrogen-bond donors (Lipinski definition) is 4. The summed E-state index contributed by atoms with van der Waals surface area (Å²) < 4.78 is 0. The van der Waals surface area contributed by atoms with Crippen LogP contribution in [0.2, 0.25) is 0 Å². The molecule has 2 aliphatic rings. The molecule has 1 atom stereocenters. The van der Waals surface area contributed by atoms with Crippen LogP contribution in [0.3, 0.4) is 0 Å². The van der Waals surface area contributed by atoms with Crippen molar-refractivity contribution in [3.8, 4) is 5.75 Å². The van der Waals surface area contributed by atoms with Crippen LogP contribution in [-0.4, -0.2) is 40.1 Å².